The van der Waals surface area contributed by atoms with E-state index in [2.05, 4.69) is 334 Å². The minimum atomic E-state index is 0.676. The normalized spacial score (nSPS) is 17.0. The number of fused-ring (bicyclic) bond motifs is 12. The molecular weight excluding hydrogens is 1320 g/mol. The molecule has 0 spiro atoms. The predicted octanol–water partition coefficient (Wildman–Crippen LogP) is 28.2. The number of allylic oxidation sites excluding steroid dienone is 25. The van der Waals surface area contributed by atoms with Crippen molar-refractivity contribution in [1.29, 1.82) is 0 Å². The third-order valence-electron chi connectivity index (χ3n) is 22.8. The summed E-state index contributed by atoms with van der Waals surface area (Å²) in [5, 5.41) is 2.62. The fraction of sp³-hybridized carbons (Fsp3) is 0.218. The van der Waals surface area contributed by atoms with Gasteiger partial charge in [0.15, 0.2) is 0 Å². The topological polar surface area (TPSA) is 0 Å². The molecule has 0 N–H and O–H groups in total. The Morgan fingerprint density at radius 1 is 0.236 bits per heavy atom. The second-order valence-corrected chi connectivity index (χ2v) is 30.4. The Morgan fingerprint density at radius 2 is 0.618 bits per heavy atom. The molecule has 0 aromatic heterocycles. The molecule has 0 bridgehead atoms. The van der Waals surface area contributed by atoms with Crippen molar-refractivity contribution in [2.75, 3.05) is 0 Å². The molecule has 0 saturated carbocycles. The molecule has 0 amide bonds. The molecule has 0 heterocycles. The first kappa shape index (κ1) is 75.6. The quantitative estimate of drug-likeness (QED) is 0.133. The Morgan fingerprint density at radius 3 is 1.05 bits per heavy atom. The van der Waals surface area contributed by atoms with Gasteiger partial charge in [-0.1, -0.05) is 381 Å². The number of benzene rings is 10. The van der Waals surface area contributed by atoms with E-state index in [4.69, 9.17) is 0 Å². The molecule has 0 aliphatic heterocycles. The van der Waals surface area contributed by atoms with Gasteiger partial charge in [-0.05, 0) is 275 Å². The monoisotopic (exact) mass is 1430 g/mol. The molecule has 25 rings (SSSR count). The highest BCUT2D eigenvalue weighted by Crippen LogP contribution is 2.37. The number of rotatable bonds is 0. The summed E-state index contributed by atoms with van der Waals surface area (Å²) >= 11 is 0. The van der Waals surface area contributed by atoms with Crippen molar-refractivity contribution >= 4 is 29.0 Å². The maximum atomic E-state index is 2.48. The van der Waals surface area contributed by atoms with Crippen molar-refractivity contribution in [2.45, 2.75) is 148 Å². The van der Waals surface area contributed by atoms with E-state index >= 15 is 0 Å². The molecule has 15 aliphatic carbocycles. The van der Waals surface area contributed by atoms with E-state index < -0.39 is 0 Å². The van der Waals surface area contributed by atoms with E-state index in [1.165, 1.54) is 199 Å². The summed E-state index contributed by atoms with van der Waals surface area (Å²) < 4.78 is 0. The largest absolute Gasteiger partial charge is 0.0835 e. The van der Waals surface area contributed by atoms with Crippen molar-refractivity contribution in [3.8, 4) is 11.1 Å². The van der Waals surface area contributed by atoms with Crippen LogP contribution >= 0.6 is 0 Å². The summed E-state index contributed by atoms with van der Waals surface area (Å²) in [6, 6.07) is 81.7. The first-order chi connectivity index (χ1) is 54.6. The van der Waals surface area contributed by atoms with Crippen molar-refractivity contribution in [3.63, 3.8) is 0 Å². The predicted molar refractivity (Wildman–Crippen MR) is 475 cm³/mol. The highest BCUT2D eigenvalue weighted by Gasteiger charge is 2.20. The molecule has 0 saturated heterocycles. The lowest BCUT2D eigenvalue weighted by Crippen LogP contribution is -2.00. The van der Waals surface area contributed by atoms with Gasteiger partial charge in [-0.2, -0.15) is 0 Å². The zero-order chi connectivity index (χ0) is 74.4. The lowest BCUT2D eigenvalue weighted by molar-refractivity contribution is 0.685. The van der Waals surface area contributed by atoms with Crippen LogP contribution in [-0.2, 0) is 77.0 Å². The van der Waals surface area contributed by atoms with Gasteiger partial charge in [0.25, 0.3) is 0 Å². The summed E-state index contributed by atoms with van der Waals surface area (Å²) in [4.78, 5) is 0. The van der Waals surface area contributed by atoms with Crippen LogP contribution in [0.3, 0.4) is 0 Å². The van der Waals surface area contributed by atoms with Crippen molar-refractivity contribution < 1.29 is 0 Å². The van der Waals surface area contributed by atoms with E-state index in [9.17, 15) is 0 Å². The van der Waals surface area contributed by atoms with Crippen LogP contribution in [0, 0.1) is 5.92 Å². The van der Waals surface area contributed by atoms with Gasteiger partial charge in [0.2, 0.25) is 0 Å². The van der Waals surface area contributed by atoms with E-state index in [0.29, 0.717) is 5.92 Å². The molecule has 0 radical (unpaired) electrons. The number of aryl methyl sites for hydroxylation is 8. The minimum Gasteiger partial charge on any atom is -0.0835 e. The zero-order valence-corrected chi connectivity index (χ0v) is 64.6. The second kappa shape index (κ2) is 40.3. The van der Waals surface area contributed by atoms with Crippen LogP contribution in [0.15, 0.2) is 380 Å². The molecule has 548 valence electrons. The molecule has 1 atom stereocenters. The fourth-order valence-corrected chi connectivity index (χ4v) is 16.9. The van der Waals surface area contributed by atoms with E-state index in [1.54, 1.807) is 55.7 Å². The lowest BCUT2D eigenvalue weighted by Gasteiger charge is -2.13. The Labute approximate surface area is 658 Å². The highest BCUT2D eigenvalue weighted by atomic mass is 14.2. The summed E-state index contributed by atoms with van der Waals surface area (Å²) in [5.74, 6) is 0.676. The molecule has 10 aromatic carbocycles. The molecule has 0 fully saturated rings. The van der Waals surface area contributed by atoms with Crippen molar-refractivity contribution in [2.24, 2.45) is 5.92 Å². The smallest absolute Gasteiger partial charge is 0.0166 e. The van der Waals surface area contributed by atoms with Gasteiger partial charge in [0, 0.05) is 5.92 Å². The third kappa shape index (κ3) is 21.4. The highest BCUT2D eigenvalue weighted by molar-refractivity contribution is 5.82. The molecular formula is C110H108. The Kier molecular flexibility index (Phi) is 27.7. The first-order valence-electron chi connectivity index (χ1n) is 41.1. The average Bonchev–Trinajstić information content (AvgIpc) is 1.66. The third-order valence-corrected chi connectivity index (χ3v) is 22.8. The van der Waals surface area contributed by atoms with E-state index in [0.717, 1.165) is 32.1 Å². The zero-order valence-electron chi connectivity index (χ0n) is 64.6. The minimum absolute atomic E-state index is 0.676. The van der Waals surface area contributed by atoms with Gasteiger partial charge < -0.3 is 0 Å². The second-order valence-electron chi connectivity index (χ2n) is 30.4. The SMILES string of the molecule is C1=CC2=C(C1)CC=C2.C1=CC2=C(C=CC2)C1.C1=CC2C=CCC2=C1.C1=CCC=C1.C1=Cc2cc3c(cc2C1)C=CC3.C1=Cc2ccccc2C1.c1c2c(cc3c1CCC3)CCC2.c1ccc2c(c1)CCC2.c1ccc2c(c1)CCCC2.c1ccc2c(c1)Cc1ccccc1-2.c1ccc2ccccc2c1.c1ccccc1. The Balaban J connectivity index is 0.000000101. The maximum absolute atomic E-state index is 2.48. The van der Waals surface area contributed by atoms with Crippen molar-refractivity contribution in [3.05, 3.63) is 469 Å². The number of hydrogen-bond donors (Lipinski definition) is 0. The molecule has 0 heteroatoms. The summed E-state index contributed by atoms with van der Waals surface area (Å²) in [7, 11) is 0. The first-order valence-corrected chi connectivity index (χ1v) is 41.1. The van der Waals surface area contributed by atoms with Gasteiger partial charge in [-0.3, -0.25) is 0 Å². The molecule has 110 heavy (non-hydrogen) atoms. The van der Waals surface area contributed by atoms with Crippen LogP contribution in [-0.4, -0.2) is 0 Å². The van der Waals surface area contributed by atoms with Crippen LogP contribution in [0.2, 0.25) is 0 Å². The van der Waals surface area contributed by atoms with Crippen LogP contribution < -0.4 is 0 Å². The molecule has 1 unspecified atom stereocenters. The van der Waals surface area contributed by atoms with Crippen LogP contribution in [0.1, 0.15) is 160 Å². The maximum Gasteiger partial charge on any atom is 0.0166 e. The van der Waals surface area contributed by atoms with Gasteiger partial charge >= 0.3 is 0 Å². The van der Waals surface area contributed by atoms with Crippen LogP contribution in [0.4, 0.5) is 0 Å². The Hall–Kier alpha value is -11.2. The van der Waals surface area contributed by atoms with Gasteiger partial charge in [0.1, 0.15) is 0 Å². The Bertz CT molecular complexity index is 4870. The molecule has 0 nitrogen and oxygen atoms in total. The summed E-state index contributed by atoms with van der Waals surface area (Å²) in [6.07, 6.45) is 79.5. The average molecular weight is 1430 g/mol. The van der Waals surface area contributed by atoms with Gasteiger partial charge in [-0.15, -0.1) is 0 Å². The summed E-state index contributed by atoms with van der Waals surface area (Å²) in [6.45, 7) is 0. The molecule has 10 aromatic rings. The van der Waals surface area contributed by atoms with E-state index in [-0.39, 0.29) is 0 Å². The van der Waals surface area contributed by atoms with Crippen LogP contribution in [0.25, 0.3) is 40.1 Å². The van der Waals surface area contributed by atoms with Crippen LogP contribution in [0.5, 0.6) is 0 Å². The lowest BCUT2D eigenvalue weighted by atomic mass is 9.92. The molecule has 15 aliphatic rings. The van der Waals surface area contributed by atoms with Gasteiger partial charge in [-0.25, -0.2) is 0 Å². The summed E-state index contributed by atoms with van der Waals surface area (Å²) in [5.41, 5.74) is 35.0. The van der Waals surface area contributed by atoms with E-state index in [1.807, 2.05) is 36.4 Å². The van der Waals surface area contributed by atoms with Gasteiger partial charge in [0.05, 0.1) is 0 Å². The number of hydrogen-bond acceptors (Lipinski definition) is 0. The fourth-order valence-electron chi connectivity index (χ4n) is 16.9. The standard InChI is InChI=1S/C13H10.C12H14.C12H10.C10H12.C10H8.C9H10.C9H8.3C8H8.C6H6.C5H6/c1-3-7-12-10(5-1)9-11-6-2-4-8-13(11)12;2*1-3-9-7-11-5-2-6-12(11)8-10(9)4-1;2*1-2-6-10-8-4-3-7-9(10)5-1;2*1-2-5-9-7-3-6-8(9)4-1;3*1-3-7-5-2-6-8(7)4-1;1-2-4-6-5-3-1;1-2-4-5-3-1/h1-8H,9H2;7-8H,1-6H2;1-3,6-8H,4-5H2;1-2,5-6H,3-4,7-8H2;1-8H;1-2,4-5H,3,6-7H2;1-6H,7H2;1-3,6H,4-5H2;1-3,5H,4,6H2;1-5,7H,6H2;1-6H;1-4H,5H2. The van der Waals surface area contributed by atoms with Crippen molar-refractivity contribution in [1.82, 2.24) is 0 Å².